The van der Waals surface area contributed by atoms with E-state index in [0.29, 0.717) is 0 Å². The summed E-state index contributed by atoms with van der Waals surface area (Å²) >= 11 is 4.92. The first-order valence-corrected chi connectivity index (χ1v) is 9.07. The number of H-pyrrole nitrogens is 1. The SMILES string of the molecule is [I][Al][c]1ncnc2[nH]cc(I)c12. The summed E-state index contributed by atoms with van der Waals surface area (Å²) in [6.07, 6.45) is 3.59. The number of halogens is 2. The second-order valence-corrected chi connectivity index (χ2v) is 6.02. The van der Waals surface area contributed by atoms with E-state index in [4.69, 9.17) is 0 Å². The Hall–Kier alpha value is 0.612. The highest BCUT2D eigenvalue weighted by molar-refractivity contribution is 14.1. The van der Waals surface area contributed by atoms with Gasteiger partial charge in [-0.3, -0.25) is 4.98 Å². The highest BCUT2D eigenvalue weighted by Gasteiger charge is 2.07. The van der Waals surface area contributed by atoms with Crippen molar-refractivity contribution in [2.24, 2.45) is 0 Å². The quantitative estimate of drug-likeness (QED) is 0.581. The lowest BCUT2D eigenvalue weighted by atomic mass is 10.4. The van der Waals surface area contributed by atoms with Crippen molar-refractivity contribution >= 4 is 70.4 Å². The molecule has 1 radical (unpaired) electrons. The Bertz CT molecular complexity index is 414. The van der Waals surface area contributed by atoms with E-state index in [1.807, 2.05) is 6.20 Å². The van der Waals surface area contributed by atoms with Crippen LogP contribution in [0, 0.1) is 3.57 Å². The Morgan fingerprint density at radius 2 is 2.25 bits per heavy atom. The molecule has 0 unspecified atom stereocenters. The van der Waals surface area contributed by atoms with Crippen LogP contribution in [0.5, 0.6) is 0 Å². The monoisotopic (exact) mass is 398 g/mol. The van der Waals surface area contributed by atoms with Gasteiger partial charge in [-0.15, -0.1) is 0 Å². The van der Waals surface area contributed by atoms with Gasteiger partial charge in [0.05, 0.1) is 0 Å². The zero-order chi connectivity index (χ0) is 8.55. The minimum absolute atomic E-state index is 0.231. The Morgan fingerprint density at radius 3 is 3.00 bits per heavy atom. The third kappa shape index (κ3) is 1.49. The molecule has 0 aliphatic carbocycles. The van der Waals surface area contributed by atoms with Crippen molar-refractivity contribution in [1.29, 1.82) is 0 Å². The number of nitrogens with zero attached hydrogens (tertiary/aromatic N) is 2. The topological polar surface area (TPSA) is 41.6 Å². The van der Waals surface area contributed by atoms with Crippen LogP contribution in [0.1, 0.15) is 0 Å². The second-order valence-electron chi connectivity index (χ2n) is 2.23. The Balaban J connectivity index is 2.84. The van der Waals surface area contributed by atoms with Crippen LogP contribution < -0.4 is 4.56 Å². The van der Waals surface area contributed by atoms with E-state index < -0.39 is 0 Å². The molecule has 0 saturated carbocycles. The number of hydrogen-bond acceptors (Lipinski definition) is 2. The Morgan fingerprint density at radius 1 is 1.42 bits per heavy atom. The van der Waals surface area contributed by atoms with Crippen molar-refractivity contribution in [2.75, 3.05) is 0 Å². The highest BCUT2D eigenvalue weighted by atomic mass is 127. The predicted molar refractivity (Wildman–Crippen MR) is 66.0 cm³/mol. The van der Waals surface area contributed by atoms with Crippen molar-refractivity contribution in [2.45, 2.75) is 0 Å². The smallest absolute Gasteiger partial charge is 0.345 e. The molecule has 0 atom stereocenters. The van der Waals surface area contributed by atoms with Crippen molar-refractivity contribution in [3.05, 3.63) is 16.1 Å². The Kier molecular flexibility index (Phi) is 2.89. The molecule has 59 valence electrons. The van der Waals surface area contributed by atoms with Crippen molar-refractivity contribution in [3.8, 4) is 0 Å². The number of rotatable bonds is 1. The van der Waals surface area contributed by atoms with Gasteiger partial charge >= 0.3 is 11.9 Å². The average Bonchev–Trinajstić information content (AvgIpc) is 2.48. The lowest BCUT2D eigenvalue weighted by Crippen LogP contribution is -2.14. The van der Waals surface area contributed by atoms with Gasteiger partial charge in [0.2, 0.25) is 0 Å². The zero-order valence-electron chi connectivity index (χ0n) is 5.88. The number of nitrogens with one attached hydrogen (secondary N) is 1. The molecule has 2 aromatic heterocycles. The predicted octanol–water partition coefficient (Wildman–Crippen LogP) is 1.24. The molecule has 2 aromatic rings. The Labute approximate surface area is 100 Å². The fourth-order valence-electron chi connectivity index (χ4n) is 1.03. The van der Waals surface area contributed by atoms with Gasteiger partial charge in [-0.1, -0.05) is 0 Å². The van der Waals surface area contributed by atoms with Gasteiger partial charge < -0.3 is 4.98 Å². The van der Waals surface area contributed by atoms with Gasteiger partial charge in [0.1, 0.15) is 12.0 Å². The van der Waals surface area contributed by atoms with Crippen molar-refractivity contribution < 1.29 is 0 Å². The summed E-state index contributed by atoms with van der Waals surface area (Å²) in [6.45, 7) is 0. The van der Waals surface area contributed by atoms with Gasteiger partial charge in [-0.25, -0.2) is 25.3 Å². The van der Waals surface area contributed by atoms with Gasteiger partial charge in [0.15, 0.2) is 0 Å². The molecular weight excluding hydrogens is 395 g/mol. The first-order valence-electron chi connectivity index (χ1n) is 3.24. The van der Waals surface area contributed by atoms with E-state index in [9.17, 15) is 0 Å². The minimum atomic E-state index is 0.231. The summed E-state index contributed by atoms with van der Waals surface area (Å²) in [4.78, 5) is 11.5. The molecule has 0 fully saturated rings. The molecule has 0 bridgehead atoms. The van der Waals surface area contributed by atoms with E-state index in [0.717, 1.165) is 5.65 Å². The lowest BCUT2D eigenvalue weighted by Gasteiger charge is -1.95. The molecule has 0 saturated heterocycles. The summed E-state index contributed by atoms with van der Waals surface area (Å²) in [6, 6.07) is 0. The molecule has 0 aromatic carbocycles. The largest absolute Gasteiger partial charge is 0.388 e. The van der Waals surface area contributed by atoms with Crippen LogP contribution in [0.3, 0.4) is 0 Å². The number of aromatic amines is 1. The van der Waals surface area contributed by atoms with Gasteiger partial charge in [-0.2, -0.15) is 0 Å². The molecule has 12 heavy (non-hydrogen) atoms. The maximum atomic E-state index is 4.25. The zero-order valence-corrected chi connectivity index (χ0v) is 11.4. The standard InChI is InChI=1S/C6H3IN3.Al.HI/c7-5-2-9-6-4(5)1-8-3-10-6;;/h2-3H,(H,8,9,10);;1H/q;+1;/p-1. The number of fused-ring (bicyclic) bond motifs is 1. The molecule has 3 nitrogen and oxygen atoms in total. The third-order valence-corrected chi connectivity index (χ3v) is 4.82. The first kappa shape index (κ1) is 9.18. The number of aromatic nitrogens is 3. The molecule has 2 rings (SSSR count). The third-order valence-electron chi connectivity index (χ3n) is 1.55. The average molecular weight is 398 g/mol. The molecular formula is C6H3AlI2N3. The molecule has 6 heteroatoms. The molecule has 1 N–H and O–H groups in total. The maximum Gasteiger partial charge on any atom is 0.388 e. The van der Waals surface area contributed by atoms with Crippen LogP contribution in [0.2, 0.25) is 0 Å². The lowest BCUT2D eigenvalue weighted by molar-refractivity contribution is 1.22. The van der Waals surface area contributed by atoms with E-state index >= 15 is 0 Å². The van der Waals surface area contributed by atoms with Crippen LogP contribution in [-0.4, -0.2) is 26.9 Å². The highest BCUT2D eigenvalue weighted by Crippen LogP contribution is 2.14. The number of hydrogen-bond donors (Lipinski definition) is 1. The molecule has 0 aliphatic heterocycles. The minimum Gasteiger partial charge on any atom is -0.345 e. The summed E-state index contributed by atoms with van der Waals surface area (Å²) in [5, 5.41) is 1.20. The van der Waals surface area contributed by atoms with Crippen LogP contribution in [0.25, 0.3) is 11.0 Å². The normalized spacial score (nSPS) is 10.5. The van der Waals surface area contributed by atoms with Gasteiger partial charge in [0, 0.05) is 15.2 Å². The van der Waals surface area contributed by atoms with Gasteiger partial charge in [0.25, 0.3) is 0 Å². The van der Waals surface area contributed by atoms with Crippen LogP contribution in [0.4, 0.5) is 0 Å². The van der Waals surface area contributed by atoms with E-state index in [-0.39, 0.29) is 11.9 Å². The van der Waals surface area contributed by atoms with Crippen LogP contribution in [0.15, 0.2) is 12.5 Å². The molecule has 0 spiro atoms. The van der Waals surface area contributed by atoms with Crippen molar-refractivity contribution in [3.63, 3.8) is 0 Å². The molecule has 2 heterocycles. The van der Waals surface area contributed by atoms with Gasteiger partial charge in [-0.05, 0) is 27.1 Å². The fraction of sp³-hybridized carbons (Fsp3) is 0. The summed E-state index contributed by atoms with van der Waals surface area (Å²) in [5.74, 6) is 0. The molecule has 0 aliphatic rings. The van der Waals surface area contributed by atoms with E-state index in [2.05, 4.69) is 57.8 Å². The molecule has 0 amide bonds. The summed E-state index contributed by atoms with van der Waals surface area (Å²) in [5.41, 5.74) is 0.952. The van der Waals surface area contributed by atoms with Crippen LogP contribution >= 0.6 is 42.9 Å². The van der Waals surface area contributed by atoms with E-state index in [1.54, 1.807) is 6.33 Å². The van der Waals surface area contributed by atoms with Crippen molar-refractivity contribution in [1.82, 2.24) is 15.0 Å². The van der Waals surface area contributed by atoms with Crippen LogP contribution in [-0.2, 0) is 0 Å². The summed E-state index contributed by atoms with van der Waals surface area (Å²) < 4.78 is 2.40. The first-order chi connectivity index (χ1) is 5.83. The van der Waals surface area contributed by atoms with E-state index in [1.165, 1.54) is 13.5 Å². The fourth-order valence-corrected chi connectivity index (χ4v) is 3.95. The second kappa shape index (κ2) is 3.78. The summed E-state index contributed by atoms with van der Waals surface area (Å²) in [7, 11) is 0. The maximum absolute atomic E-state index is 4.25.